The van der Waals surface area contributed by atoms with E-state index in [-0.39, 0.29) is 23.8 Å². The van der Waals surface area contributed by atoms with E-state index in [0.717, 1.165) is 27.9 Å². The Bertz CT molecular complexity index is 1340. The predicted molar refractivity (Wildman–Crippen MR) is 138 cm³/mol. The number of non-ortho nitro benzene ring substituents is 1. The van der Waals surface area contributed by atoms with E-state index in [0.29, 0.717) is 5.56 Å². The maximum Gasteiger partial charge on any atom is 0.514 e. The van der Waals surface area contributed by atoms with E-state index in [1.807, 2.05) is 0 Å². The standard InChI is InChI=1S/C27H27NO15/c1-14(29)38-21-22(39-15(2)30)24(40-16(3)31)26(43-23(21)25(32)36-4)41-19-9-5-17(6-10-19)13-37-27(33)42-20-11-7-18(8-12-20)28(34)35/h5-12,21-24,26H,13H2,1-4H3/t21-,22-,23-,24?,26?/m0/s1. The van der Waals surface area contributed by atoms with E-state index in [1.165, 1.54) is 48.5 Å². The van der Waals surface area contributed by atoms with Crippen molar-refractivity contribution >= 4 is 35.7 Å². The first kappa shape index (κ1) is 32.3. The highest BCUT2D eigenvalue weighted by molar-refractivity contribution is 5.77. The fourth-order valence-electron chi connectivity index (χ4n) is 3.88. The lowest BCUT2D eigenvalue weighted by atomic mass is 9.97. The fraction of sp³-hybridized carbons (Fsp3) is 0.370. The van der Waals surface area contributed by atoms with E-state index in [2.05, 4.69) is 0 Å². The summed E-state index contributed by atoms with van der Waals surface area (Å²) >= 11 is 0. The maximum absolute atomic E-state index is 12.5. The number of hydrogen-bond acceptors (Lipinski definition) is 15. The van der Waals surface area contributed by atoms with Gasteiger partial charge in [-0.1, -0.05) is 12.1 Å². The zero-order valence-electron chi connectivity index (χ0n) is 23.3. The second kappa shape index (κ2) is 14.6. The third-order valence-corrected chi connectivity index (χ3v) is 5.62. The minimum absolute atomic E-state index is 0.0439. The van der Waals surface area contributed by atoms with Gasteiger partial charge in [0.25, 0.3) is 5.69 Å². The Kier molecular flexibility index (Phi) is 10.9. The first-order chi connectivity index (χ1) is 20.4. The Morgan fingerprint density at radius 1 is 0.791 bits per heavy atom. The molecule has 230 valence electrons. The van der Waals surface area contributed by atoms with Crippen LogP contribution in [0.5, 0.6) is 11.5 Å². The normalized spacial score (nSPS) is 21.0. The van der Waals surface area contributed by atoms with Crippen LogP contribution in [0, 0.1) is 10.1 Å². The molecule has 0 saturated carbocycles. The molecule has 2 aromatic carbocycles. The van der Waals surface area contributed by atoms with Crippen LogP contribution in [-0.4, -0.2) is 72.8 Å². The van der Waals surface area contributed by atoms with Crippen LogP contribution in [0.25, 0.3) is 0 Å². The Morgan fingerprint density at radius 2 is 1.33 bits per heavy atom. The van der Waals surface area contributed by atoms with Crippen LogP contribution < -0.4 is 9.47 Å². The SMILES string of the molecule is COC(=O)[C@H]1OC(Oc2ccc(COC(=O)Oc3ccc([N+](=O)[O-])cc3)cc2)C(OC(C)=O)[C@@H](OC(C)=O)[C@@H]1OC(C)=O. The number of hydrogen-bond donors (Lipinski definition) is 0. The molecule has 0 radical (unpaired) electrons. The Hall–Kier alpha value is -5.25. The number of benzene rings is 2. The van der Waals surface area contributed by atoms with Gasteiger partial charge in [-0.25, -0.2) is 9.59 Å². The number of rotatable bonds is 10. The Labute approximate surface area is 243 Å². The number of carbonyl (C=O) groups excluding carboxylic acids is 5. The quantitative estimate of drug-likeness (QED) is 0.125. The summed E-state index contributed by atoms with van der Waals surface area (Å²) in [5.74, 6) is -3.29. The number of methoxy groups -OCH3 is 1. The Morgan fingerprint density at radius 3 is 1.86 bits per heavy atom. The van der Waals surface area contributed by atoms with Crippen molar-refractivity contribution in [2.24, 2.45) is 0 Å². The van der Waals surface area contributed by atoms with Crippen LogP contribution in [0.15, 0.2) is 48.5 Å². The van der Waals surface area contributed by atoms with E-state index < -0.39 is 65.7 Å². The molecule has 1 saturated heterocycles. The predicted octanol–water partition coefficient (Wildman–Crippen LogP) is 2.38. The number of nitro groups is 1. The third-order valence-electron chi connectivity index (χ3n) is 5.62. The summed E-state index contributed by atoms with van der Waals surface area (Å²) in [6.45, 7) is 2.99. The first-order valence-electron chi connectivity index (χ1n) is 12.5. The van der Waals surface area contributed by atoms with E-state index in [9.17, 15) is 34.1 Å². The lowest BCUT2D eigenvalue weighted by Crippen LogP contribution is -2.64. The molecule has 16 heteroatoms. The highest BCUT2D eigenvalue weighted by Gasteiger charge is 2.55. The highest BCUT2D eigenvalue weighted by atomic mass is 16.7. The van der Waals surface area contributed by atoms with E-state index in [4.69, 9.17) is 37.9 Å². The first-order valence-corrected chi connectivity index (χ1v) is 12.5. The molecule has 1 aliphatic rings. The van der Waals surface area contributed by atoms with Gasteiger partial charge in [-0.3, -0.25) is 24.5 Å². The molecular weight excluding hydrogens is 578 g/mol. The van der Waals surface area contributed by atoms with Gasteiger partial charge in [0.1, 0.15) is 18.1 Å². The lowest BCUT2D eigenvalue weighted by Gasteiger charge is -2.43. The molecule has 1 aliphatic heterocycles. The smallest absolute Gasteiger partial charge is 0.467 e. The van der Waals surface area contributed by atoms with Crippen molar-refractivity contribution in [1.29, 1.82) is 0 Å². The molecule has 43 heavy (non-hydrogen) atoms. The van der Waals surface area contributed by atoms with Gasteiger partial charge in [0, 0.05) is 32.9 Å². The monoisotopic (exact) mass is 605 g/mol. The summed E-state index contributed by atoms with van der Waals surface area (Å²) in [6, 6.07) is 10.7. The molecule has 3 rings (SSSR count). The summed E-state index contributed by atoms with van der Waals surface area (Å²) < 4.78 is 42.1. The highest BCUT2D eigenvalue weighted by Crippen LogP contribution is 2.31. The van der Waals surface area contributed by atoms with Crippen molar-refractivity contribution in [3.8, 4) is 11.5 Å². The molecular formula is C27H27NO15. The molecule has 0 aromatic heterocycles. The van der Waals surface area contributed by atoms with Gasteiger partial charge in [-0.2, -0.15) is 0 Å². The van der Waals surface area contributed by atoms with Gasteiger partial charge < -0.3 is 37.9 Å². The number of nitrogens with zero attached hydrogens (tertiary/aromatic N) is 1. The number of ether oxygens (including phenoxy) is 8. The average Bonchev–Trinajstić information content (AvgIpc) is 2.94. The van der Waals surface area contributed by atoms with Gasteiger partial charge in [-0.05, 0) is 29.8 Å². The number of nitro benzene ring substituents is 1. The van der Waals surface area contributed by atoms with E-state index in [1.54, 1.807) is 0 Å². The fourth-order valence-corrected chi connectivity index (χ4v) is 3.88. The van der Waals surface area contributed by atoms with E-state index >= 15 is 0 Å². The van der Waals surface area contributed by atoms with Gasteiger partial charge in [0.05, 0.1) is 12.0 Å². The van der Waals surface area contributed by atoms with Gasteiger partial charge in [0.2, 0.25) is 12.4 Å². The second-order valence-corrected chi connectivity index (χ2v) is 8.82. The van der Waals surface area contributed by atoms with Crippen LogP contribution in [0.4, 0.5) is 10.5 Å². The molecule has 0 aliphatic carbocycles. The van der Waals surface area contributed by atoms with Crippen LogP contribution in [-0.2, 0) is 54.2 Å². The minimum atomic E-state index is -1.62. The summed E-state index contributed by atoms with van der Waals surface area (Å²) in [5.41, 5.74) is 0.321. The zero-order valence-corrected chi connectivity index (χ0v) is 23.3. The summed E-state index contributed by atoms with van der Waals surface area (Å²) in [5, 5.41) is 10.7. The third kappa shape index (κ3) is 9.12. The topological polar surface area (TPSA) is 202 Å². The van der Waals surface area contributed by atoms with Crippen LogP contribution in [0.3, 0.4) is 0 Å². The molecule has 16 nitrogen and oxygen atoms in total. The molecule has 2 unspecified atom stereocenters. The van der Waals surface area contributed by atoms with Crippen molar-refractivity contribution in [3.05, 3.63) is 64.2 Å². The molecule has 0 N–H and O–H groups in total. The minimum Gasteiger partial charge on any atom is -0.467 e. The van der Waals surface area contributed by atoms with Gasteiger partial charge >= 0.3 is 30.0 Å². The zero-order chi connectivity index (χ0) is 31.7. The van der Waals surface area contributed by atoms with Crippen molar-refractivity contribution in [3.63, 3.8) is 0 Å². The molecule has 0 spiro atoms. The van der Waals surface area contributed by atoms with Gasteiger partial charge in [0.15, 0.2) is 18.3 Å². The summed E-state index contributed by atoms with van der Waals surface area (Å²) in [7, 11) is 1.06. The van der Waals surface area contributed by atoms with Crippen LogP contribution in [0.2, 0.25) is 0 Å². The number of carbonyl (C=O) groups is 5. The summed E-state index contributed by atoms with van der Waals surface area (Å²) in [6.07, 6.45) is -8.75. The maximum atomic E-state index is 12.5. The lowest BCUT2D eigenvalue weighted by molar-refractivity contribution is -0.384. The Balaban J connectivity index is 1.73. The largest absolute Gasteiger partial charge is 0.514 e. The van der Waals surface area contributed by atoms with Crippen molar-refractivity contribution in [2.75, 3.05) is 7.11 Å². The van der Waals surface area contributed by atoms with Crippen molar-refractivity contribution in [2.45, 2.75) is 58.1 Å². The summed E-state index contributed by atoms with van der Waals surface area (Å²) in [4.78, 5) is 70.3. The van der Waals surface area contributed by atoms with Crippen molar-refractivity contribution in [1.82, 2.24) is 0 Å². The molecule has 0 amide bonds. The van der Waals surface area contributed by atoms with Crippen molar-refractivity contribution < 1.29 is 66.8 Å². The van der Waals surface area contributed by atoms with Gasteiger partial charge in [-0.15, -0.1) is 0 Å². The molecule has 5 atom stereocenters. The number of esters is 4. The van der Waals surface area contributed by atoms with Crippen LogP contribution >= 0.6 is 0 Å². The van der Waals surface area contributed by atoms with Crippen LogP contribution in [0.1, 0.15) is 26.3 Å². The second-order valence-electron chi connectivity index (χ2n) is 8.82. The average molecular weight is 606 g/mol. The molecule has 1 heterocycles. The molecule has 2 aromatic rings. The molecule has 0 bridgehead atoms. The molecule has 1 fully saturated rings.